The first-order valence-corrected chi connectivity index (χ1v) is 6.55. The summed E-state index contributed by atoms with van der Waals surface area (Å²) in [5.74, 6) is 1.26. The molecular formula is C13H15ClN2O2. The summed E-state index contributed by atoms with van der Waals surface area (Å²) in [6.07, 6.45) is 1.11. The lowest BCUT2D eigenvalue weighted by atomic mass is 10.1. The van der Waals surface area contributed by atoms with Crippen molar-refractivity contribution < 1.29 is 9.53 Å². The Balaban J connectivity index is 1.88. The van der Waals surface area contributed by atoms with Crippen molar-refractivity contribution in [2.75, 3.05) is 31.1 Å². The van der Waals surface area contributed by atoms with Gasteiger partial charge in [-0.05, 0) is 43.6 Å². The lowest BCUT2D eigenvalue weighted by Crippen LogP contribution is -2.42. The summed E-state index contributed by atoms with van der Waals surface area (Å²) in [4.78, 5) is 13.8. The lowest BCUT2D eigenvalue weighted by molar-refractivity contribution is -0.121. The molecule has 5 heteroatoms. The highest BCUT2D eigenvalue weighted by Gasteiger charge is 2.28. The molecule has 0 aromatic heterocycles. The fourth-order valence-electron chi connectivity index (χ4n) is 2.50. The molecule has 1 N–H and O–H groups in total. The Morgan fingerprint density at radius 1 is 1.50 bits per heavy atom. The van der Waals surface area contributed by atoms with Crippen LogP contribution in [-0.2, 0) is 4.79 Å². The summed E-state index contributed by atoms with van der Waals surface area (Å²) in [5, 5.41) is 3.94. The lowest BCUT2D eigenvalue weighted by Gasteiger charge is -2.31. The van der Waals surface area contributed by atoms with Crippen LogP contribution >= 0.6 is 11.6 Å². The van der Waals surface area contributed by atoms with Gasteiger partial charge in [-0.15, -0.1) is 0 Å². The number of anilines is 1. The summed E-state index contributed by atoms with van der Waals surface area (Å²) in [5.41, 5.74) is 0.797. The van der Waals surface area contributed by atoms with E-state index in [1.165, 1.54) is 0 Å². The predicted molar refractivity (Wildman–Crippen MR) is 70.3 cm³/mol. The standard InChI is InChI=1S/C13H15ClN2O2/c14-10-1-2-12-11(5-10)16(13(17)8-18-12)7-9-3-4-15-6-9/h1-2,5,9,15H,3-4,6-8H2. The zero-order chi connectivity index (χ0) is 12.5. The highest BCUT2D eigenvalue weighted by atomic mass is 35.5. The van der Waals surface area contributed by atoms with Gasteiger partial charge in [0, 0.05) is 11.6 Å². The Morgan fingerprint density at radius 2 is 2.39 bits per heavy atom. The largest absolute Gasteiger partial charge is 0.482 e. The molecule has 1 saturated heterocycles. The van der Waals surface area contributed by atoms with Crippen LogP contribution in [0.2, 0.25) is 5.02 Å². The first kappa shape index (κ1) is 11.8. The van der Waals surface area contributed by atoms with E-state index >= 15 is 0 Å². The number of rotatable bonds is 2. The summed E-state index contributed by atoms with van der Waals surface area (Å²) < 4.78 is 5.42. The van der Waals surface area contributed by atoms with Crippen LogP contribution < -0.4 is 15.0 Å². The van der Waals surface area contributed by atoms with Crippen molar-refractivity contribution in [3.63, 3.8) is 0 Å². The molecular weight excluding hydrogens is 252 g/mol. The minimum absolute atomic E-state index is 0.0108. The highest BCUT2D eigenvalue weighted by Crippen LogP contribution is 2.35. The molecule has 3 rings (SSSR count). The maximum absolute atomic E-state index is 12.0. The van der Waals surface area contributed by atoms with E-state index in [2.05, 4.69) is 5.32 Å². The highest BCUT2D eigenvalue weighted by molar-refractivity contribution is 6.31. The van der Waals surface area contributed by atoms with E-state index in [9.17, 15) is 4.79 Å². The van der Waals surface area contributed by atoms with Crippen LogP contribution in [-0.4, -0.2) is 32.1 Å². The fraction of sp³-hybridized carbons (Fsp3) is 0.462. The predicted octanol–water partition coefficient (Wildman–Crippen LogP) is 1.67. The number of nitrogens with zero attached hydrogens (tertiary/aromatic N) is 1. The van der Waals surface area contributed by atoms with E-state index in [0.29, 0.717) is 10.9 Å². The van der Waals surface area contributed by atoms with E-state index in [1.54, 1.807) is 12.1 Å². The average molecular weight is 267 g/mol. The Bertz CT molecular complexity index is 472. The maximum Gasteiger partial charge on any atom is 0.265 e. The number of carbonyl (C=O) groups is 1. The van der Waals surface area contributed by atoms with Crippen molar-refractivity contribution in [3.8, 4) is 5.75 Å². The van der Waals surface area contributed by atoms with E-state index < -0.39 is 0 Å². The number of ether oxygens (including phenoxy) is 1. The zero-order valence-electron chi connectivity index (χ0n) is 9.99. The summed E-state index contributed by atoms with van der Waals surface area (Å²) in [6, 6.07) is 5.41. The van der Waals surface area contributed by atoms with Gasteiger partial charge in [0.05, 0.1) is 5.69 Å². The molecule has 2 aliphatic heterocycles. The van der Waals surface area contributed by atoms with Gasteiger partial charge in [-0.25, -0.2) is 0 Å². The molecule has 0 spiro atoms. The SMILES string of the molecule is O=C1COc2ccc(Cl)cc2N1CC1CCNC1. The monoisotopic (exact) mass is 266 g/mol. The van der Waals surface area contributed by atoms with Crippen LogP contribution in [0.3, 0.4) is 0 Å². The van der Waals surface area contributed by atoms with Gasteiger partial charge in [-0.3, -0.25) is 4.79 Å². The number of fused-ring (bicyclic) bond motifs is 1. The number of halogens is 1. The minimum atomic E-state index is 0.0108. The third-order valence-electron chi connectivity index (χ3n) is 3.47. The van der Waals surface area contributed by atoms with E-state index in [0.717, 1.165) is 37.5 Å². The normalized spacial score (nSPS) is 22.8. The minimum Gasteiger partial charge on any atom is -0.482 e. The molecule has 96 valence electrons. The second-order valence-corrected chi connectivity index (χ2v) is 5.20. The molecule has 1 atom stereocenters. The van der Waals surface area contributed by atoms with Crippen molar-refractivity contribution in [1.29, 1.82) is 0 Å². The molecule has 18 heavy (non-hydrogen) atoms. The second kappa shape index (κ2) is 4.78. The Labute approximate surface area is 111 Å². The number of carbonyl (C=O) groups excluding carboxylic acids is 1. The molecule has 1 aromatic carbocycles. The summed E-state index contributed by atoms with van der Waals surface area (Å²) in [7, 11) is 0. The Hall–Kier alpha value is -1.26. The van der Waals surface area contributed by atoms with Crippen LogP contribution in [0, 0.1) is 5.92 Å². The van der Waals surface area contributed by atoms with Crippen molar-refractivity contribution in [2.24, 2.45) is 5.92 Å². The molecule has 2 aliphatic rings. The molecule has 4 nitrogen and oxygen atoms in total. The van der Waals surface area contributed by atoms with Crippen LogP contribution in [0.4, 0.5) is 5.69 Å². The van der Waals surface area contributed by atoms with Crippen molar-refractivity contribution in [2.45, 2.75) is 6.42 Å². The van der Waals surface area contributed by atoms with Crippen LogP contribution in [0.25, 0.3) is 0 Å². The first-order chi connectivity index (χ1) is 8.74. The van der Waals surface area contributed by atoms with Gasteiger partial charge >= 0.3 is 0 Å². The number of hydrogen-bond donors (Lipinski definition) is 1. The van der Waals surface area contributed by atoms with Gasteiger partial charge in [0.1, 0.15) is 5.75 Å². The molecule has 2 heterocycles. The summed E-state index contributed by atoms with van der Waals surface area (Å²) in [6.45, 7) is 2.86. The number of hydrogen-bond acceptors (Lipinski definition) is 3. The smallest absolute Gasteiger partial charge is 0.265 e. The Kier molecular flexibility index (Phi) is 3.14. The number of nitrogens with one attached hydrogen (secondary N) is 1. The average Bonchev–Trinajstić information content (AvgIpc) is 2.86. The van der Waals surface area contributed by atoms with E-state index in [4.69, 9.17) is 16.3 Å². The van der Waals surface area contributed by atoms with Gasteiger partial charge in [0.15, 0.2) is 6.61 Å². The zero-order valence-corrected chi connectivity index (χ0v) is 10.7. The van der Waals surface area contributed by atoms with Gasteiger partial charge in [0.2, 0.25) is 0 Å². The summed E-state index contributed by atoms with van der Waals surface area (Å²) >= 11 is 6.00. The van der Waals surface area contributed by atoms with Crippen molar-refractivity contribution >= 4 is 23.2 Å². The number of benzene rings is 1. The molecule has 0 aliphatic carbocycles. The van der Waals surface area contributed by atoms with Crippen molar-refractivity contribution in [1.82, 2.24) is 5.32 Å². The van der Waals surface area contributed by atoms with Gasteiger partial charge < -0.3 is 15.0 Å². The van der Waals surface area contributed by atoms with Gasteiger partial charge in [-0.2, -0.15) is 0 Å². The third-order valence-corrected chi connectivity index (χ3v) is 3.70. The second-order valence-electron chi connectivity index (χ2n) is 4.76. The van der Waals surface area contributed by atoms with Crippen LogP contribution in [0.5, 0.6) is 5.75 Å². The molecule has 0 bridgehead atoms. The van der Waals surface area contributed by atoms with Crippen LogP contribution in [0.15, 0.2) is 18.2 Å². The molecule has 0 radical (unpaired) electrons. The number of amides is 1. The molecule has 1 fully saturated rings. The Morgan fingerprint density at radius 3 is 3.17 bits per heavy atom. The molecule has 1 amide bonds. The van der Waals surface area contributed by atoms with Crippen molar-refractivity contribution in [3.05, 3.63) is 23.2 Å². The first-order valence-electron chi connectivity index (χ1n) is 6.17. The fourth-order valence-corrected chi connectivity index (χ4v) is 2.67. The van der Waals surface area contributed by atoms with E-state index in [1.807, 2.05) is 11.0 Å². The molecule has 0 saturated carbocycles. The molecule has 1 aromatic rings. The van der Waals surface area contributed by atoms with Crippen LogP contribution in [0.1, 0.15) is 6.42 Å². The topological polar surface area (TPSA) is 41.6 Å². The maximum atomic E-state index is 12.0. The molecule has 1 unspecified atom stereocenters. The third kappa shape index (κ3) is 2.18. The quantitative estimate of drug-likeness (QED) is 0.886. The van der Waals surface area contributed by atoms with Gasteiger partial charge in [0.25, 0.3) is 5.91 Å². The van der Waals surface area contributed by atoms with Gasteiger partial charge in [-0.1, -0.05) is 11.6 Å². The van der Waals surface area contributed by atoms with E-state index in [-0.39, 0.29) is 12.5 Å².